The van der Waals surface area contributed by atoms with Crippen molar-refractivity contribution < 1.29 is 14.7 Å². The number of amides is 1. The predicted octanol–water partition coefficient (Wildman–Crippen LogP) is -0.609. The molecule has 6 nitrogen and oxygen atoms in total. The van der Waals surface area contributed by atoms with Crippen LogP contribution in [0.15, 0.2) is 0 Å². The Morgan fingerprint density at radius 3 is 2.88 bits per heavy atom. The van der Waals surface area contributed by atoms with Gasteiger partial charge in [0.15, 0.2) is 0 Å². The van der Waals surface area contributed by atoms with Gasteiger partial charge < -0.3 is 16.2 Å². The highest BCUT2D eigenvalue weighted by molar-refractivity contribution is 5.78. The van der Waals surface area contributed by atoms with Crippen molar-refractivity contribution in [3.05, 3.63) is 0 Å². The van der Waals surface area contributed by atoms with Crippen molar-refractivity contribution in [2.24, 2.45) is 5.73 Å². The quantitative estimate of drug-likeness (QED) is 0.541. The van der Waals surface area contributed by atoms with Gasteiger partial charge in [0.05, 0.1) is 6.54 Å². The van der Waals surface area contributed by atoms with Gasteiger partial charge in [-0.2, -0.15) is 0 Å². The second kappa shape index (κ2) is 7.24. The largest absolute Gasteiger partial charge is 0.481 e. The van der Waals surface area contributed by atoms with Crippen LogP contribution in [0.3, 0.4) is 0 Å². The average Bonchev–Trinajstić information content (AvgIpc) is 2.24. The Balaban J connectivity index is 2.09. The Morgan fingerprint density at radius 1 is 1.47 bits per heavy atom. The molecule has 0 aromatic carbocycles. The molecule has 1 amide bonds. The van der Waals surface area contributed by atoms with E-state index in [-0.39, 0.29) is 18.4 Å². The zero-order valence-electron chi connectivity index (χ0n) is 10.0. The first-order chi connectivity index (χ1) is 8.08. The van der Waals surface area contributed by atoms with Gasteiger partial charge in [0.25, 0.3) is 0 Å². The van der Waals surface area contributed by atoms with Crippen LogP contribution < -0.4 is 11.1 Å². The van der Waals surface area contributed by atoms with Crippen LogP contribution in [0, 0.1) is 0 Å². The van der Waals surface area contributed by atoms with Crippen molar-refractivity contribution in [2.75, 3.05) is 26.2 Å². The first-order valence-corrected chi connectivity index (χ1v) is 6.04. The SMILES string of the molecule is N[C@@H]1CCCN(CC(=O)NCCCC(=O)O)C1. The summed E-state index contributed by atoms with van der Waals surface area (Å²) in [4.78, 5) is 23.8. The molecule has 1 heterocycles. The van der Waals surface area contributed by atoms with Crippen LogP contribution in [-0.4, -0.2) is 54.1 Å². The summed E-state index contributed by atoms with van der Waals surface area (Å²) in [5.41, 5.74) is 5.82. The molecule has 17 heavy (non-hydrogen) atoms. The molecule has 1 atom stereocenters. The van der Waals surface area contributed by atoms with Gasteiger partial charge in [-0.25, -0.2) is 0 Å². The van der Waals surface area contributed by atoms with Crippen LogP contribution >= 0.6 is 0 Å². The number of likely N-dealkylation sites (tertiary alicyclic amines) is 1. The number of carbonyl (C=O) groups is 2. The van der Waals surface area contributed by atoms with E-state index in [0.717, 1.165) is 25.9 Å². The van der Waals surface area contributed by atoms with Crippen molar-refractivity contribution >= 4 is 11.9 Å². The van der Waals surface area contributed by atoms with E-state index in [0.29, 0.717) is 19.5 Å². The summed E-state index contributed by atoms with van der Waals surface area (Å²) in [5.74, 6) is -0.884. The third-order valence-corrected chi connectivity index (χ3v) is 2.80. The Bertz CT molecular complexity index is 271. The van der Waals surface area contributed by atoms with E-state index in [4.69, 9.17) is 10.8 Å². The molecule has 4 N–H and O–H groups in total. The van der Waals surface area contributed by atoms with Gasteiger partial charge in [0.1, 0.15) is 0 Å². The summed E-state index contributed by atoms with van der Waals surface area (Å²) in [6.07, 6.45) is 2.62. The van der Waals surface area contributed by atoms with E-state index in [9.17, 15) is 9.59 Å². The molecule has 98 valence electrons. The molecule has 1 aliphatic rings. The number of nitrogens with zero attached hydrogens (tertiary/aromatic N) is 1. The lowest BCUT2D eigenvalue weighted by atomic mass is 10.1. The molecule has 0 saturated carbocycles. The smallest absolute Gasteiger partial charge is 0.303 e. The Labute approximate surface area is 101 Å². The predicted molar refractivity (Wildman–Crippen MR) is 63.5 cm³/mol. The summed E-state index contributed by atoms with van der Waals surface area (Å²) < 4.78 is 0. The van der Waals surface area contributed by atoms with E-state index < -0.39 is 5.97 Å². The Morgan fingerprint density at radius 2 is 2.24 bits per heavy atom. The number of carbonyl (C=O) groups excluding carboxylic acids is 1. The standard InChI is InChI=1S/C11H21N3O3/c12-9-3-2-6-14(7-9)8-10(15)13-5-1-4-11(16)17/h9H,1-8,12H2,(H,13,15)(H,16,17)/t9-/m1/s1. The molecule has 1 fully saturated rings. The number of carboxylic acids is 1. The second-order valence-electron chi connectivity index (χ2n) is 4.48. The summed E-state index contributed by atoms with van der Waals surface area (Å²) in [6.45, 7) is 2.46. The minimum Gasteiger partial charge on any atom is -0.481 e. The lowest BCUT2D eigenvalue weighted by Crippen LogP contribution is -2.47. The van der Waals surface area contributed by atoms with Gasteiger partial charge in [0.2, 0.25) is 5.91 Å². The van der Waals surface area contributed by atoms with Crippen LogP contribution in [0.25, 0.3) is 0 Å². The third kappa shape index (κ3) is 6.23. The van der Waals surface area contributed by atoms with E-state index in [2.05, 4.69) is 5.32 Å². The first-order valence-electron chi connectivity index (χ1n) is 6.04. The number of hydrogen-bond donors (Lipinski definition) is 3. The fourth-order valence-corrected chi connectivity index (χ4v) is 1.96. The number of hydrogen-bond acceptors (Lipinski definition) is 4. The van der Waals surface area contributed by atoms with Gasteiger partial charge in [0, 0.05) is 25.6 Å². The van der Waals surface area contributed by atoms with E-state index in [1.807, 2.05) is 4.90 Å². The fourth-order valence-electron chi connectivity index (χ4n) is 1.96. The van der Waals surface area contributed by atoms with Crippen LogP contribution in [0.5, 0.6) is 0 Å². The Hall–Kier alpha value is -1.14. The van der Waals surface area contributed by atoms with E-state index in [1.165, 1.54) is 0 Å². The van der Waals surface area contributed by atoms with E-state index >= 15 is 0 Å². The molecule has 0 spiro atoms. The molecule has 1 rings (SSSR count). The Kier molecular flexibility index (Phi) is 5.93. The van der Waals surface area contributed by atoms with Crippen LogP contribution in [-0.2, 0) is 9.59 Å². The summed E-state index contributed by atoms with van der Waals surface area (Å²) >= 11 is 0. The lowest BCUT2D eigenvalue weighted by Gasteiger charge is -2.29. The van der Waals surface area contributed by atoms with Crippen molar-refractivity contribution in [3.63, 3.8) is 0 Å². The fraction of sp³-hybridized carbons (Fsp3) is 0.818. The molecule has 0 aliphatic carbocycles. The minimum absolute atomic E-state index is 0.0514. The highest BCUT2D eigenvalue weighted by Gasteiger charge is 2.18. The third-order valence-electron chi connectivity index (χ3n) is 2.80. The molecule has 0 radical (unpaired) electrons. The normalized spacial score (nSPS) is 21.1. The van der Waals surface area contributed by atoms with Gasteiger partial charge in [-0.3, -0.25) is 14.5 Å². The molecule has 6 heteroatoms. The molecule has 0 aromatic heterocycles. The van der Waals surface area contributed by atoms with Crippen molar-refractivity contribution in [3.8, 4) is 0 Å². The molecule has 0 unspecified atom stereocenters. The summed E-state index contributed by atoms with van der Waals surface area (Å²) in [6, 6.07) is 0.170. The number of piperidine rings is 1. The monoisotopic (exact) mass is 243 g/mol. The maximum Gasteiger partial charge on any atom is 0.303 e. The summed E-state index contributed by atoms with van der Waals surface area (Å²) in [5, 5.41) is 11.1. The van der Waals surface area contributed by atoms with Crippen molar-refractivity contribution in [1.29, 1.82) is 0 Å². The maximum absolute atomic E-state index is 11.5. The van der Waals surface area contributed by atoms with Gasteiger partial charge in [-0.1, -0.05) is 0 Å². The molecule has 0 bridgehead atoms. The van der Waals surface area contributed by atoms with Gasteiger partial charge in [-0.15, -0.1) is 0 Å². The van der Waals surface area contributed by atoms with Crippen molar-refractivity contribution in [2.45, 2.75) is 31.7 Å². The number of carboxylic acid groups (broad SMARTS) is 1. The molecule has 0 aromatic rings. The number of aliphatic carboxylic acids is 1. The molecular weight excluding hydrogens is 222 g/mol. The topological polar surface area (TPSA) is 95.7 Å². The number of nitrogens with two attached hydrogens (primary N) is 1. The second-order valence-corrected chi connectivity index (χ2v) is 4.48. The average molecular weight is 243 g/mol. The minimum atomic E-state index is -0.832. The van der Waals surface area contributed by atoms with Crippen LogP contribution in [0.4, 0.5) is 0 Å². The number of rotatable bonds is 6. The zero-order valence-corrected chi connectivity index (χ0v) is 10.0. The highest BCUT2D eigenvalue weighted by Crippen LogP contribution is 2.07. The maximum atomic E-state index is 11.5. The zero-order chi connectivity index (χ0) is 12.7. The molecular formula is C11H21N3O3. The van der Waals surface area contributed by atoms with Crippen LogP contribution in [0.2, 0.25) is 0 Å². The molecule has 1 aliphatic heterocycles. The number of nitrogens with one attached hydrogen (secondary N) is 1. The summed E-state index contributed by atoms with van der Waals surface area (Å²) in [7, 11) is 0. The lowest BCUT2D eigenvalue weighted by molar-refractivity contribution is -0.137. The van der Waals surface area contributed by atoms with Crippen molar-refractivity contribution in [1.82, 2.24) is 10.2 Å². The van der Waals surface area contributed by atoms with Gasteiger partial charge >= 0.3 is 5.97 Å². The van der Waals surface area contributed by atoms with Gasteiger partial charge in [-0.05, 0) is 25.8 Å². The first kappa shape index (κ1) is 13.9. The highest BCUT2D eigenvalue weighted by atomic mass is 16.4. The van der Waals surface area contributed by atoms with E-state index in [1.54, 1.807) is 0 Å². The molecule has 1 saturated heterocycles. The van der Waals surface area contributed by atoms with Crippen LogP contribution in [0.1, 0.15) is 25.7 Å².